The van der Waals surface area contributed by atoms with Crippen LogP contribution < -0.4 is 15.5 Å². The monoisotopic (exact) mass is 469 g/mol. The van der Waals surface area contributed by atoms with Crippen molar-refractivity contribution in [3.05, 3.63) is 96.2 Å². The molecular weight excluding hydrogens is 442 g/mol. The Balaban J connectivity index is 1.39. The number of ether oxygens (including phenoxy) is 1. The number of hydroxylamine groups is 1. The number of hydrogen-bond donors (Lipinski definition) is 3. The van der Waals surface area contributed by atoms with E-state index in [9.17, 15) is 9.59 Å². The quantitative estimate of drug-likeness (QED) is 0.174. The Kier molecular flexibility index (Phi) is 8.04. The molecule has 4 aromatic rings. The molecule has 35 heavy (non-hydrogen) atoms. The first-order valence-electron chi connectivity index (χ1n) is 11.5. The van der Waals surface area contributed by atoms with Crippen molar-refractivity contribution in [1.82, 2.24) is 15.8 Å². The van der Waals surface area contributed by atoms with Gasteiger partial charge in [0.2, 0.25) is 5.91 Å². The maximum absolute atomic E-state index is 12.5. The second kappa shape index (κ2) is 11.8. The Morgan fingerprint density at radius 3 is 2.37 bits per heavy atom. The lowest BCUT2D eigenvalue weighted by atomic mass is 10.0. The molecule has 1 heterocycles. The van der Waals surface area contributed by atoms with Crippen LogP contribution in [0, 0.1) is 0 Å². The molecule has 4 rings (SSSR count). The average molecular weight is 470 g/mol. The van der Waals surface area contributed by atoms with Crippen LogP contribution in [0.4, 0.5) is 0 Å². The number of carbonyl (C=O) groups excluding carboxylic acids is 2. The van der Waals surface area contributed by atoms with Crippen LogP contribution in [-0.4, -0.2) is 28.6 Å². The molecule has 0 atom stereocenters. The van der Waals surface area contributed by atoms with Gasteiger partial charge in [-0.3, -0.25) is 14.8 Å². The van der Waals surface area contributed by atoms with E-state index in [4.69, 9.17) is 9.94 Å². The summed E-state index contributed by atoms with van der Waals surface area (Å²) in [5.41, 5.74) is 5.87. The number of hydrogen-bond acceptors (Lipinski definition) is 5. The van der Waals surface area contributed by atoms with Gasteiger partial charge in [-0.2, -0.15) is 0 Å². The third-order valence-corrected chi connectivity index (χ3v) is 5.61. The summed E-state index contributed by atoms with van der Waals surface area (Å²) < 4.78 is 6.08. The number of benzene rings is 3. The molecule has 0 unspecified atom stereocenters. The molecule has 0 radical (unpaired) electrons. The molecule has 0 saturated heterocycles. The summed E-state index contributed by atoms with van der Waals surface area (Å²) in [6, 6.07) is 27.7. The Labute approximate surface area is 203 Å². The predicted octanol–water partition coefficient (Wildman–Crippen LogP) is 4.89. The number of amides is 2. The molecule has 0 spiro atoms. The second-order valence-corrected chi connectivity index (χ2v) is 8.12. The van der Waals surface area contributed by atoms with E-state index in [0.717, 1.165) is 16.5 Å². The number of fused-ring (bicyclic) bond motifs is 1. The smallest absolute Gasteiger partial charge is 0.269 e. The van der Waals surface area contributed by atoms with Crippen molar-refractivity contribution in [2.75, 3.05) is 6.54 Å². The molecule has 0 saturated carbocycles. The van der Waals surface area contributed by atoms with Gasteiger partial charge in [0.25, 0.3) is 5.91 Å². The zero-order valence-corrected chi connectivity index (χ0v) is 19.2. The van der Waals surface area contributed by atoms with Gasteiger partial charge in [-0.05, 0) is 41.7 Å². The summed E-state index contributed by atoms with van der Waals surface area (Å²) in [6.45, 7) is 0.794. The maximum Gasteiger partial charge on any atom is 0.269 e. The van der Waals surface area contributed by atoms with Crippen molar-refractivity contribution in [3.63, 3.8) is 0 Å². The molecule has 7 heteroatoms. The minimum atomic E-state index is -0.438. The normalized spacial score (nSPS) is 10.7. The molecule has 2 amide bonds. The van der Waals surface area contributed by atoms with E-state index in [2.05, 4.69) is 34.6 Å². The van der Waals surface area contributed by atoms with Gasteiger partial charge in [0, 0.05) is 18.4 Å². The highest BCUT2D eigenvalue weighted by atomic mass is 16.5. The van der Waals surface area contributed by atoms with Crippen molar-refractivity contribution in [1.29, 1.82) is 0 Å². The zero-order chi connectivity index (χ0) is 24.5. The Morgan fingerprint density at radius 2 is 1.60 bits per heavy atom. The minimum absolute atomic E-state index is 0.205. The summed E-state index contributed by atoms with van der Waals surface area (Å²) in [6.07, 6.45) is 1.38. The van der Waals surface area contributed by atoms with Gasteiger partial charge in [0.1, 0.15) is 23.6 Å². The fraction of sp³-hybridized carbons (Fsp3) is 0.179. The number of carbonyl (C=O) groups is 2. The van der Waals surface area contributed by atoms with Crippen LogP contribution in [0.5, 0.6) is 5.75 Å². The molecule has 178 valence electrons. The van der Waals surface area contributed by atoms with Gasteiger partial charge < -0.3 is 10.1 Å². The SMILES string of the molecule is O=C(CCCCNC(=O)c1ccc2cccc(OCc3ccc(-c4ccccc4)cc3)c2n1)NO. The van der Waals surface area contributed by atoms with Crippen LogP contribution in [0.2, 0.25) is 0 Å². The predicted molar refractivity (Wildman–Crippen MR) is 134 cm³/mol. The summed E-state index contributed by atoms with van der Waals surface area (Å²) in [7, 11) is 0. The van der Waals surface area contributed by atoms with E-state index in [-0.39, 0.29) is 12.3 Å². The molecule has 1 aromatic heterocycles. The number of rotatable bonds is 10. The Bertz CT molecular complexity index is 1290. The standard InChI is InChI=1S/C28H27N3O4/c32-26(31-34)11-4-5-18-29-28(33)24-17-16-23-9-6-10-25(27(23)30-24)35-19-20-12-14-22(15-13-20)21-7-2-1-3-8-21/h1-3,6-10,12-17,34H,4-5,11,18-19H2,(H,29,33)(H,31,32). The summed E-state index contributed by atoms with van der Waals surface area (Å²) in [4.78, 5) is 28.1. The number of aromatic nitrogens is 1. The number of para-hydroxylation sites is 1. The van der Waals surface area contributed by atoms with Gasteiger partial charge in [-0.1, -0.05) is 72.8 Å². The molecule has 0 aliphatic heterocycles. The minimum Gasteiger partial charge on any atom is -0.487 e. The molecule has 0 aliphatic carbocycles. The van der Waals surface area contributed by atoms with E-state index in [1.165, 1.54) is 5.56 Å². The Hall–Kier alpha value is -4.23. The summed E-state index contributed by atoms with van der Waals surface area (Å²) in [5, 5.41) is 12.2. The van der Waals surface area contributed by atoms with Gasteiger partial charge >= 0.3 is 0 Å². The first-order valence-corrected chi connectivity index (χ1v) is 11.5. The second-order valence-electron chi connectivity index (χ2n) is 8.12. The van der Waals surface area contributed by atoms with Crippen LogP contribution in [-0.2, 0) is 11.4 Å². The maximum atomic E-state index is 12.5. The van der Waals surface area contributed by atoms with Crippen molar-refractivity contribution in [2.45, 2.75) is 25.9 Å². The fourth-order valence-corrected chi connectivity index (χ4v) is 3.71. The molecule has 3 N–H and O–H groups in total. The molecule has 0 aliphatic rings. The summed E-state index contributed by atoms with van der Waals surface area (Å²) >= 11 is 0. The molecule has 0 bridgehead atoms. The van der Waals surface area contributed by atoms with E-state index >= 15 is 0 Å². The van der Waals surface area contributed by atoms with Crippen LogP contribution in [0.3, 0.4) is 0 Å². The van der Waals surface area contributed by atoms with Crippen LogP contribution in [0.15, 0.2) is 84.9 Å². The topological polar surface area (TPSA) is 101 Å². The van der Waals surface area contributed by atoms with Crippen molar-refractivity contribution >= 4 is 22.7 Å². The summed E-state index contributed by atoms with van der Waals surface area (Å²) in [5.74, 6) is -0.115. The third kappa shape index (κ3) is 6.43. The molecular formula is C28H27N3O4. The van der Waals surface area contributed by atoms with Gasteiger partial charge in [0.15, 0.2) is 0 Å². The average Bonchev–Trinajstić information content (AvgIpc) is 2.91. The van der Waals surface area contributed by atoms with E-state index in [1.807, 2.05) is 54.6 Å². The van der Waals surface area contributed by atoms with Gasteiger partial charge in [-0.15, -0.1) is 0 Å². The highest BCUT2D eigenvalue weighted by molar-refractivity contribution is 5.96. The van der Waals surface area contributed by atoms with Crippen molar-refractivity contribution in [2.24, 2.45) is 0 Å². The van der Waals surface area contributed by atoms with E-state index in [1.54, 1.807) is 11.5 Å². The van der Waals surface area contributed by atoms with Gasteiger partial charge in [-0.25, -0.2) is 10.5 Å². The first-order chi connectivity index (χ1) is 17.1. The number of unbranched alkanes of at least 4 members (excludes halogenated alkanes) is 1. The Morgan fingerprint density at radius 1 is 0.829 bits per heavy atom. The van der Waals surface area contributed by atoms with E-state index in [0.29, 0.717) is 43.0 Å². The van der Waals surface area contributed by atoms with Gasteiger partial charge in [0.05, 0.1) is 0 Å². The molecule has 7 nitrogen and oxygen atoms in total. The van der Waals surface area contributed by atoms with Crippen LogP contribution in [0.25, 0.3) is 22.0 Å². The molecule has 0 fully saturated rings. The van der Waals surface area contributed by atoms with Crippen LogP contribution in [0.1, 0.15) is 35.3 Å². The molecule has 3 aromatic carbocycles. The number of pyridine rings is 1. The number of nitrogens with one attached hydrogen (secondary N) is 2. The van der Waals surface area contributed by atoms with Crippen LogP contribution >= 0.6 is 0 Å². The van der Waals surface area contributed by atoms with Crippen molar-refractivity contribution < 1.29 is 19.5 Å². The van der Waals surface area contributed by atoms with E-state index < -0.39 is 5.91 Å². The lowest BCUT2D eigenvalue weighted by Gasteiger charge is -2.11. The van der Waals surface area contributed by atoms with Crippen molar-refractivity contribution in [3.8, 4) is 16.9 Å². The lowest BCUT2D eigenvalue weighted by molar-refractivity contribution is -0.129. The zero-order valence-electron chi connectivity index (χ0n) is 19.2. The first kappa shape index (κ1) is 23.9. The number of nitrogens with zero attached hydrogens (tertiary/aromatic N) is 1. The lowest BCUT2D eigenvalue weighted by Crippen LogP contribution is -2.26. The largest absolute Gasteiger partial charge is 0.487 e. The third-order valence-electron chi connectivity index (χ3n) is 5.61. The highest BCUT2D eigenvalue weighted by Gasteiger charge is 2.11. The fourth-order valence-electron chi connectivity index (χ4n) is 3.71. The highest BCUT2D eigenvalue weighted by Crippen LogP contribution is 2.26.